The predicted molar refractivity (Wildman–Crippen MR) is 105 cm³/mol. The summed E-state index contributed by atoms with van der Waals surface area (Å²) < 4.78 is 5.78. The zero-order valence-corrected chi connectivity index (χ0v) is 16.5. The average molecular weight is 378 g/mol. The Bertz CT molecular complexity index is 854. The van der Waals surface area contributed by atoms with Gasteiger partial charge in [0, 0.05) is 25.5 Å². The number of anilines is 1. The number of nitrogens with zero attached hydrogens (tertiary/aromatic N) is 6. The Morgan fingerprint density at radius 1 is 1.14 bits per heavy atom. The molecule has 1 aliphatic heterocycles. The summed E-state index contributed by atoms with van der Waals surface area (Å²) in [5.41, 5.74) is 1.42. The average Bonchev–Trinajstić information content (AvgIpc) is 3.49. The third kappa shape index (κ3) is 4.22. The summed E-state index contributed by atoms with van der Waals surface area (Å²) in [6.07, 6.45) is 10.1. The van der Waals surface area contributed by atoms with Gasteiger partial charge in [0.15, 0.2) is 11.4 Å². The van der Waals surface area contributed by atoms with Crippen LogP contribution in [0.15, 0.2) is 18.6 Å². The number of piperidine rings is 1. The Hall–Kier alpha value is -2.75. The molecule has 2 aliphatic rings. The molecule has 1 aliphatic carbocycles. The molecule has 1 saturated carbocycles. The number of aryl methyl sites for hydroxylation is 2. The highest BCUT2D eigenvalue weighted by molar-refractivity contribution is 5.35. The highest BCUT2D eigenvalue weighted by Gasteiger charge is 2.43. The van der Waals surface area contributed by atoms with E-state index >= 15 is 0 Å². The summed E-state index contributed by atoms with van der Waals surface area (Å²) in [5.74, 6) is 4.30. The van der Waals surface area contributed by atoms with E-state index in [1.165, 1.54) is 19.3 Å². The Morgan fingerprint density at radius 3 is 2.61 bits per heavy atom. The fraction of sp³-hybridized carbons (Fsp3) is 0.571. The molecule has 0 radical (unpaired) electrons. The van der Waals surface area contributed by atoms with E-state index < -0.39 is 0 Å². The molecule has 7 nitrogen and oxygen atoms in total. The molecule has 0 spiro atoms. The monoisotopic (exact) mass is 378 g/mol. The fourth-order valence-corrected chi connectivity index (χ4v) is 4.22. The summed E-state index contributed by atoms with van der Waals surface area (Å²) in [7, 11) is 0. The van der Waals surface area contributed by atoms with Crippen molar-refractivity contribution in [3.05, 3.63) is 35.7 Å². The Morgan fingerprint density at radius 2 is 1.89 bits per heavy atom. The van der Waals surface area contributed by atoms with E-state index in [0.717, 1.165) is 48.8 Å². The summed E-state index contributed by atoms with van der Waals surface area (Å²) in [5, 5.41) is 9.16. The van der Waals surface area contributed by atoms with Crippen LogP contribution in [0.5, 0.6) is 5.75 Å². The summed E-state index contributed by atoms with van der Waals surface area (Å²) in [4.78, 5) is 19.5. The van der Waals surface area contributed by atoms with Gasteiger partial charge in [-0.15, -0.1) is 0 Å². The van der Waals surface area contributed by atoms with Crippen LogP contribution in [-0.4, -0.2) is 39.6 Å². The van der Waals surface area contributed by atoms with Crippen LogP contribution in [-0.2, 0) is 0 Å². The highest BCUT2D eigenvalue weighted by atomic mass is 16.5. The van der Waals surface area contributed by atoms with Crippen LogP contribution in [0, 0.1) is 42.9 Å². The van der Waals surface area contributed by atoms with E-state index in [9.17, 15) is 0 Å². The minimum absolute atomic E-state index is 0.325. The molecule has 0 amide bonds. The van der Waals surface area contributed by atoms with E-state index in [1.54, 1.807) is 13.1 Å². The maximum absolute atomic E-state index is 9.16. The number of nitriles is 1. The second kappa shape index (κ2) is 8.09. The molecule has 4 rings (SSSR count). The summed E-state index contributed by atoms with van der Waals surface area (Å²) >= 11 is 0. The summed E-state index contributed by atoms with van der Waals surface area (Å²) in [6, 6.07) is 2.08. The maximum Gasteiger partial charge on any atom is 0.225 e. The van der Waals surface area contributed by atoms with Crippen molar-refractivity contribution in [3.63, 3.8) is 0 Å². The van der Waals surface area contributed by atoms with Crippen LogP contribution in [0.3, 0.4) is 0 Å². The van der Waals surface area contributed by atoms with E-state index in [4.69, 9.17) is 10.00 Å². The first-order chi connectivity index (χ1) is 13.6. The quantitative estimate of drug-likeness (QED) is 0.763. The SMILES string of the molecule is Cc1cnc(N2CCC([C@H]3C[C@H]3CCOc3cnc(C)nc3C#N)CC2)nc1. The molecule has 2 aromatic heterocycles. The van der Waals surface area contributed by atoms with Crippen molar-refractivity contribution in [1.29, 1.82) is 5.26 Å². The highest BCUT2D eigenvalue weighted by Crippen LogP contribution is 2.49. The van der Waals surface area contributed by atoms with Gasteiger partial charge in [0.1, 0.15) is 11.9 Å². The molecular weight excluding hydrogens is 352 g/mol. The van der Waals surface area contributed by atoms with Crippen molar-refractivity contribution in [2.45, 2.75) is 39.5 Å². The van der Waals surface area contributed by atoms with Gasteiger partial charge in [-0.05, 0) is 62.8 Å². The number of hydrogen-bond acceptors (Lipinski definition) is 7. The van der Waals surface area contributed by atoms with Crippen molar-refractivity contribution >= 4 is 5.95 Å². The second-order valence-corrected chi connectivity index (χ2v) is 7.92. The van der Waals surface area contributed by atoms with E-state index in [1.807, 2.05) is 19.3 Å². The molecule has 7 heteroatoms. The van der Waals surface area contributed by atoms with E-state index in [-0.39, 0.29) is 0 Å². The molecule has 3 heterocycles. The van der Waals surface area contributed by atoms with Crippen molar-refractivity contribution in [1.82, 2.24) is 19.9 Å². The smallest absolute Gasteiger partial charge is 0.225 e. The normalized spacial score (nSPS) is 22.0. The first-order valence-electron chi connectivity index (χ1n) is 10.0. The van der Waals surface area contributed by atoms with Crippen LogP contribution in [0.4, 0.5) is 5.95 Å². The topological polar surface area (TPSA) is 87.8 Å². The molecule has 0 N–H and O–H groups in total. The van der Waals surface area contributed by atoms with Crippen molar-refractivity contribution in [2.75, 3.05) is 24.6 Å². The lowest BCUT2D eigenvalue weighted by molar-refractivity contribution is 0.281. The summed E-state index contributed by atoms with van der Waals surface area (Å²) in [6.45, 7) is 6.49. The van der Waals surface area contributed by atoms with Gasteiger partial charge < -0.3 is 9.64 Å². The number of rotatable bonds is 6. The van der Waals surface area contributed by atoms with E-state index in [2.05, 4.69) is 30.9 Å². The number of aromatic nitrogens is 4. The van der Waals surface area contributed by atoms with Crippen molar-refractivity contribution < 1.29 is 4.74 Å². The first kappa shape index (κ1) is 18.6. The second-order valence-electron chi connectivity index (χ2n) is 7.92. The number of hydrogen-bond donors (Lipinski definition) is 0. The number of ether oxygens (including phenoxy) is 1. The van der Waals surface area contributed by atoms with Gasteiger partial charge in [-0.25, -0.2) is 19.9 Å². The van der Waals surface area contributed by atoms with Gasteiger partial charge in [0.25, 0.3) is 0 Å². The zero-order chi connectivity index (χ0) is 19.5. The lowest BCUT2D eigenvalue weighted by atomic mass is 9.90. The fourth-order valence-electron chi connectivity index (χ4n) is 4.22. The van der Waals surface area contributed by atoms with Crippen LogP contribution >= 0.6 is 0 Å². The van der Waals surface area contributed by atoms with Crippen LogP contribution in [0.2, 0.25) is 0 Å². The molecule has 28 heavy (non-hydrogen) atoms. The molecular formula is C21H26N6O. The molecule has 146 valence electrons. The standard InChI is InChI=1S/C21H26N6O/c1-14-11-24-21(25-12-14)27-6-3-16(4-7-27)18-9-17(18)5-8-28-20-13-23-15(2)26-19(20)10-22/h11-13,16-18H,3-9H2,1-2H3/t17-,18-/m1/s1. The zero-order valence-electron chi connectivity index (χ0n) is 16.5. The van der Waals surface area contributed by atoms with Crippen LogP contribution in [0.1, 0.15) is 42.8 Å². The predicted octanol–water partition coefficient (Wildman–Crippen LogP) is 3.08. The lowest BCUT2D eigenvalue weighted by Gasteiger charge is -2.32. The molecule has 0 bridgehead atoms. The Balaban J connectivity index is 1.20. The minimum Gasteiger partial charge on any atom is -0.489 e. The van der Waals surface area contributed by atoms with Crippen LogP contribution < -0.4 is 9.64 Å². The molecule has 2 aromatic rings. The molecule has 2 fully saturated rings. The van der Waals surface area contributed by atoms with Crippen molar-refractivity contribution in [2.24, 2.45) is 17.8 Å². The minimum atomic E-state index is 0.325. The van der Waals surface area contributed by atoms with Crippen LogP contribution in [0.25, 0.3) is 0 Å². The van der Waals surface area contributed by atoms with Gasteiger partial charge >= 0.3 is 0 Å². The molecule has 1 saturated heterocycles. The first-order valence-corrected chi connectivity index (χ1v) is 10.0. The van der Waals surface area contributed by atoms with Gasteiger partial charge in [-0.2, -0.15) is 5.26 Å². The van der Waals surface area contributed by atoms with Crippen molar-refractivity contribution in [3.8, 4) is 11.8 Å². The van der Waals surface area contributed by atoms with Gasteiger partial charge in [-0.3, -0.25) is 0 Å². The molecule has 2 atom stereocenters. The molecule has 0 unspecified atom stereocenters. The molecule has 0 aromatic carbocycles. The largest absolute Gasteiger partial charge is 0.489 e. The Labute approximate surface area is 165 Å². The van der Waals surface area contributed by atoms with E-state index in [0.29, 0.717) is 23.9 Å². The third-order valence-electron chi connectivity index (χ3n) is 5.90. The lowest BCUT2D eigenvalue weighted by Crippen LogP contribution is -2.35. The van der Waals surface area contributed by atoms with Gasteiger partial charge in [0.2, 0.25) is 5.95 Å². The van der Waals surface area contributed by atoms with Gasteiger partial charge in [-0.1, -0.05) is 0 Å². The Kier molecular flexibility index (Phi) is 5.38. The van der Waals surface area contributed by atoms with Gasteiger partial charge in [0.05, 0.1) is 12.8 Å². The third-order valence-corrected chi connectivity index (χ3v) is 5.90. The maximum atomic E-state index is 9.16.